The van der Waals surface area contributed by atoms with Crippen molar-refractivity contribution in [3.63, 3.8) is 0 Å². The van der Waals surface area contributed by atoms with E-state index in [0.717, 1.165) is 49.1 Å². The number of para-hydroxylation sites is 1. The van der Waals surface area contributed by atoms with Crippen molar-refractivity contribution in [2.75, 3.05) is 13.2 Å². The lowest BCUT2D eigenvalue weighted by Gasteiger charge is -2.41. The summed E-state index contributed by atoms with van der Waals surface area (Å²) in [5.41, 5.74) is 2.76. The number of esters is 1. The van der Waals surface area contributed by atoms with Gasteiger partial charge in [0.1, 0.15) is 11.5 Å². The molecule has 1 aliphatic heterocycles. The van der Waals surface area contributed by atoms with E-state index < -0.39 is 11.8 Å². The summed E-state index contributed by atoms with van der Waals surface area (Å²) in [5.74, 6) is -0.379. The van der Waals surface area contributed by atoms with Gasteiger partial charge in [0.2, 0.25) is 0 Å². The van der Waals surface area contributed by atoms with E-state index in [-0.39, 0.29) is 17.2 Å². The highest BCUT2D eigenvalue weighted by molar-refractivity contribution is 6.12. The molecule has 0 aromatic heterocycles. The third-order valence-corrected chi connectivity index (χ3v) is 6.32. The molecule has 0 N–H and O–H groups in total. The number of ketones is 1. The van der Waals surface area contributed by atoms with E-state index in [1.165, 1.54) is 0 Å². The Morgan fingerprint density at radius 2 is 1.75 bits per heavy atom. The molecular formula is C27H37NO4. The van der Waals surface area contributed by atoms with Crippen LogP contribution < -0.4 is 4.74 Å². The molecule has 0 amide bonds. The predicted octanol–water partition coefficient (Wildman–Crippen LogP) is 6.03. The highest BCUT2D eigenvalue weighted by Crippen LogP contribution is 2.48. The maximum atomic E-state index is 13.4. The van der Waals surface area contributed by atoms with E-state index in [4.69, 9.17) is 14.5 Å². The first-order valence-electron chi connectivity index (χ1n) is 12.0. The molecule has 1 heterocycles. The lowest BCUT2D eigenvalue weighted by molar-refractivity contribution is -0.139. The number of unbranched alkanes of at least 4 members (excludes halogenated alkanes) is 2. The molecule has 5 nitrogen and oxygen atoms in total. The van der Waals surface area contributed by atoms with Crippen LogP contribution in [0, 0.1) is 11.3 Å². The number of ether oxygens (including phenoxy) is 2. The summed E-state index contributed by atoms with van der Waals surface area (Å²) < 4.78 is 11.7. The molecule has 1 saturated carbocycles. The summed E-state index contributed by atoms with van der Waals surface area (Å²) in [6.07, 6.45) is 4.96. The summed E-state index contributed by atoms with van der Waals surface area (Å²) >= 11 is 0. The molecule has 5 heteroatoms. The fourth-order valence-electron chi connectivity index (χ4n) is 4.78. The Labute approximate surface area is 192 Å². The van der Waals surface area contributed by atoms with Gasteiger partial charge in [-0.25, -0.2) is 4.79 Å². The van der Waals surface area contributed by atoms with Gasteiger partial charge in [-0.15, -0.1) is 0 Å². The molecule has 1 aliphatic carbocycles. The van der Waals surface area contributed by atoms with E-state index in [1.54, 1.807) is 0 Å². The highest BCUT2D eigenvalue weighted by Gasteiger charge is 2.48. The lowest BCUT2D eigenvalue weighted by Crippen LogP contribution is -2.44. The van der Waals surface area contributed by atoms with Crippen LogP contribution in [-0.2, 0) is 14.3 Å². The Balaban J connectivity index is 2.08. The number of aliphatic imine (C=N–C) groups is 1. The maximum absolute atomic E-state index is 13.4. The first kappa shape index (κ1) is 24.2. The number of carbonyl (C=O) groups is 2. The second-order valence-electron chi connectivity index (χ2n) is 9.77. The number of hydrogen-bond acceptors (Lipinski definition) is 5. The van der Waals surface area contributed by atoms with Crippen LogP contribution in [0.15, 0.2) is 40.5 Å². The van der Waals surface area contributed by atoms with Gasteiger partial charge in [-0.2, -0.15) is 0 Å². The van der Waals surface area contributed by atoms with E-state index in [9.17, 15) is 9.59 Å². The monoisotopic (exact) mass is 439 g/mol. The van der Waals surface area contributed by atoms with Crippen LogP contribution in [0.3, 0.4) is 0 Å². The van der Waals surface area contributed by atoms with E-state index in [0.29, 0.717) is 30.9 Å². The first-order chi connectivity index (χ1) is 15.3. The van der Waals surface area contributed by atoms with Crippen LogP contribution in [0.4, 0.5) is 0 Å². The third kappa shape index (κ3) is 5.31. The normalized spacial score (nSPS) is 22.3. The van der Waals surface area contributed by atoms with Crippen molar-refractivity contribution in [2.45, 2.75) is 79.1 Å². The first-order valence-corrected chi connectivity index (χ1v) is 12.0. The summed E-state index contributed by atoms with van der Waals surface area (Å²) in [5, 5.41) is 0. The van der Waals surface area contributed by atoms with Crippen molar-refractivity contribution in [1.82, 2.24) is 0 Å². The van der Waals surface area contributed by atoms with Crippen molar-refractivity contribution < 1.29 is 19.1 Å². The van der Waals surface area contributed by atoms with Gasteiger partial charge in [-0.3, -0.25) is 9.79 Å². The Morgan fingerprint density at radius 3 is 2.47 bits per heavy atom. The van der Waals surface area contributed by atoms with E-state index in [1.807, 2.05) is 31.2 Å². The molecule has 0 spiro atoms. The van der Waals surface area contributed by atoms with Gasteiger partial charge in [-0.05, 0) is 37.7 Å². The number of benzene rings is 1. The Bertz CT molecular complexity index is 912. The fourth-order valence-corrected chi connectivity index (χ4v) is 4.78. The van der Waals surface area contributed by atoms with Crippen molar-refractivity contribution in [3.8, 4) is 5.75 Å². The molecule has 32 heavy (non-hydrogen) atoms. The highest BCUT2D eigenvalue weighted by atomic mass is 16.5. The van der Waals surface area contributed by atoms with Gasteiger partial charge in [0, 0.05) is 29.3 Å². The van der Waals surface area contributed by atoms with E-state index >= 15 is 0 Å². The van der Waals surface area contributed by atoms with Gasteiger partial charge >= 0.3 is 5.97 Å². The minimum atomic E-state index is -0.448. The number of allylic oxidation sites excluding steroid dienone is 1. The molecule has 0 saturated heterocycles. The minimum absolute atomic E-state index is 0.131. The zero-order valence-electron chi connectivity index (χ0n) is 20.2. The molecule has 1 aromatic carbocycles. The van der Waals surface area contributed by atoms with Crippen LogP contribution in [0.5, 0.6) is 5.75 Å². The zero-order valence-corrected chi connectivity index (χ0v) is 20.2. The van der Waals surface area contributed by atoms with Gasteiger partial charge in [0.25, 0.3) is 0 Å². The summed E-state index contributed by atoms with van der Waals surface area (Å²) in [4.78, 5) is 31.5. The Morgan fingerprint density at radius 1 is 1.06 bits per heavy atom. The average Bonchev–Trinajstić information content (AvgIpc) is 2.72. The fraction of sp³-hybridized carbons (Fsp3) is 0.593. The SMILES string of the molecule is CCCCOC(=O)C1=C(C)N=C2CC(C)(C)CC(=O)C2[C@H]1c1ccccc1OCCCC. The summed E-state index contributed by atoms with van der Waals surface area (Å²) in [6.45, 7) is 11.2. The molecule has 0 radical (unpaired) electrons. The standard InChI is InChI=1S/C27H37NO4/c1-6-8-14-31-22-13-11-10-12-19(22)24-23(26(30)32-15-9-7-2)18(3)28-20-16-27(4,5)17-21(29)25(20)24/h10-13,24-25H,6-9,14-17H2,1-5H3/t24-,25?/m0/s1. The van der Waals surface area contributed by atoms with Crippen LogP contribution >= 0.6 is 0 Å². The minimum Gasteiger partial charge on any atom is -0.493 e. The molecule has 2 aliphatic rings. The molecule has 3 rings (SSSR count). The number of carbonyl (C=O) groups excluding carboxylic acids is 2. The van der Waals surface area contributed by atoms with Crippen molar-refractivity contribution in [3.05, 3.63) is 41.1 Å². The summed E-state index contributed by atoms with van der Waals surface area (Å²) in [6, 6.07) is 7.79. The number of rotatable bonds is 9. The van der Waals surface area contributed by atoms with Gasteiger partial charge in [0.05, 0.1) is 24.7 Å². The smallest absolute Gasteiger partial charge is 0.336 e. The second kappa shape index (κ2) is 10.5. The lowest BCUT2D eigenvalue weighted by atomic mass is 9.63. The number of Topliss-reactive ketones (excluding diaryl/α,β-unsaturated/α-hetero) is 1. The van der Waals surface area contributed by atoms with Crippen molar-refractivity contribution >= 4 is 17.5 Å². The van der Waals surface area contributed by atoms with Gasteiger partial charge in [0.15, 0.2) is 0 Å². The number of nitrogens with zero attached hydrogens (tertiary/aromatic N) is 1. The van der Waals surface area contributed by atoms with Crippen molar-refractivity contribution in [2.24, 2.45) is 16.3 Å². The quantitative estimate of drug-likeness (QED) is 0.348. The Kier molecular flexibility index (Phi) is 7.91. The van der Waals surface area contributed by atoms with Crippen LogP contribution in [0.2, 0.25) is 0 Å². The van der Waals surface area contributed by atoms with Crippen LogP contribution in [0.25, 0.3) is 0 Å². The molecule has 174 valence electrons. The topological polar surface area (TPSA) is 65.0 Å². The zero-order chi connectivity index (χ0) is 23.3. The van der Waals surface area contributed by atoms with Crippen molar-refractivity contribution in [1.29, 1.82) is 0 Å². The Hall–Kier alpha value is -2.43. The largest absolute Gasteiger partial charge is 0.493 e. The number of fused-ring (bicyclic) bond motifs is 1. The van der Waals surface area contributed by atoms with Crippen LogP contribution in [-0.4, -0.2) is 30.7 Å². The molecule has 1 fully saturated rings. The van der Waals surface area contributed by atoms with Gasteiger partial charge in [-0.1, -0.05) is 58.7 Å². The molecule has 0 bridgehead atoms. The number of hydrogen-bond donors (Lipinski definition) is 0. The third-order valence-electron chi connectivity index (χ3n) is 6.32. The predicted molar refractivity (Wildman–Crippen MR) is 127 cm³/mol. The second-order valence-corrected chi connectivity index (χ2v) is 9.77. The van der Waals surface area contributed by atoms with Gasteiger partial charge < -0.3 is 9.47 Å². The molecular weight excluding hydrogens is 402 g/mol. The van der Waals surface area contributed by atoms with Crippen LogP contribution in [0.1, 0.15) is 84.6 Å². The average molecular weight is 440 g/mol. The molecule has 1 unspecified atom stereocenters. The summed E-state index contributed by atoms with van der Waals surface area (Å²) in [7, 11) is 0. The molecule has 1 aromatic rings. The maximum Gasteiger partial charge on any atom is 0.336 e. The molecule has 2 atom stereocenters. The van der Waals surface area contributed by atoms with E-state index in [2.05, 4.69) is 27.7 Å².